The van der Waals surface area contributed by atoms with E-state index in [0.717, 1.165) is 0 Å². The monoisotopic (exact) mass is 103 g/mol. The second-order valence-corrected chi connectivity index (χ2v) is 0.638. The summed E-state index contributed by atoms with van der Waals surface area (Å²) in [7, 11) is 2.67. The van der Waals surface area contributed by atoms with Crippen molar-refractivity contribution in [1.82, 2.24) is 0 Å². The molecule has 0 aliphatic heterocycles. The van der Waals surface area contributed by atoms with Crippen molar-refractivity contribution in [3.63, 3.8) is 0 Å². The molecule has 0 rings (SSSR count). The number of hydrogen-bond acceptors (Lipinski definition) is 4. The molecule has 0 heterocycles. The molecule has 0 aliphatic carbocycles. The van der Waals surface area contributed by atoms with Crippen LogP contribution in [0.4, 0.5) is 0 Å². The lowest BCUT2D eigenvalue weighted by Gasteiger charge is -1.86. The Morgan fingerprint density at radius 1 is 1.71 bits per heavy atom. The minimum absolute atomic E-state index is 0.0226. The fourth-order valence-electron chi connectivity index (χ4n) is 0.0777. The van der Waals surface area contributed by atoms with Gasteiger partial charge in [0.25, 0.3) is 0 Å². The van der Waals surface area contributed by atoms with Crippen LogP contribution >= 0.6 is 0 Å². The van der Waals surface area contributed by atoms with Gasteiger partial charge in [-0.2, -0.15) is 4.89 Å². The molecular formula is C3H3O4. The summed E-state index contributed by atoms with van der Waals surface area (Å²) in [6, 6.07) is 0. The van der Waals surface area contributed by atoms with E-state index in [9.17, 15) is 9.59 Å². The zero-order valence-electron chi connectivity index (χ0n) is 3.42. The van der Waals surface area contributed by atoms with Gasteiger partial charge in [0.2, 0.25) is 6.29 Å². The summed E-state index contributed by atoms with van der Waals surface area (Å²) in [4.78, 5) is 26.1. The molecule has 0 bridgehead atoms. The maximum atomic E-state index is 9.66. The molecule has 0 aromatic carbocycles. The van der Waals surface area contributed by atoms with Crippen LogP contribution in [-0.4, -0.2) is 12.3 Å². The van der Waals surface area contributed by atoms with Crippen LogP contribution in [0.15, 0.2) is 0 Å². The van der Waals surface area contributed by atoms with E-state index < -0.39 is 5.97 Å². The molecule has 7 heavy (non-hydrogen) atoms. The first-order chi connectivity index (χ1) is 3.31. The van der Waals surface area contributed by atoms with Gasteiger partial charge in [0.05, 0.1) is 0 Å². The first-order valence-corrected chi connectivity index (χ1v) is 1.39. The van der Waals surface area contributed by atoms with Gasteiger partial charge < -0.3 is 0 Å². The molecule has 0 atom stereocenters. The number of carbonyl (C=O) groups is 2. The number of carbonyl (C=O) groups excluding carboxylic acids is 2. The van der Waals surface area contributed by atoms with Crippen LogP contribution in [0.2, 0.25) is 0 Å². The standard InChI is InChI=1S/C3H3O4/c1-6-7-3(5)2-4/h2H,1H2. The van der Waals surface area contributed by atoms with E-state index in [1.54, 1.807) is 0 Å². The van der Waals surface area contributed by atoms with E-state index >= 15 is 0 Å². The fraction of sp³-hybridized carbons (Fsp3) is 0. The Labute approximate surface area is 39.9 Å². The summed E-state index contributed by atoms with van der Waals surface area (Å²) in [5.74, 6) is -1.09. The van der Waals surface area contributed by atoms with Gasteiger partial charge in [-0.1, -0.05) is 0 Å². The molecule has 0 amide bonds. The molecule has 0 unspecified atom stereocenters. The molecule has 0 saturated heterocycles. The van der Waals surface area contributed by atoms with Crippen molar-refractivity contribution in [2.24, 2.45) is 0 Å². The third-order valence-electron chi connectivity index (χ3n) is 0.237. The normalized spacial score (nSPS) is 7.57. The van der Waals surface area contributed by atoms with Crippen LogP contribution < -0.4 is 0 Å². The van der Waals surface area contributed by atoms with Crippen LogP contribution in [0.25, 0.3) is 0 Å². The summed E-state index contributed by atoms with van der Waals surface area (Å²) in [5, 5.41) is 0. The second kappa shape index (κ2) is 3.30. The van der Waals surface area contributed by atoms with E-state index in [4.69, 9.17) is 0 Å². The average molecular weight is 103 g/mol. The maximum Gasteiger partial charge on any atom is 0.405 e. The Kier molecular flexibility index (Phi) is 2.87. The van der Waals surface area contributed by atoms with E-state index in [-0.39, 0.29) is 6.29 Å². The van der Waals surface area contributed by atoms with Crippen LogP contribution in [-0.2, 0) is 19.4 Å². The van der Waals surface area contributed by atoms with Crippen LogP contribution in [0.5, 0.6) is 0 Å². The summed E-state index contributed by atoms with van der Waals surface area (Å²) < 4.78 is 0. The van der Waals surface area contributed by atoms with Crippen LogP contribution in [0, 0.1) is 7.11 Å². The first-order valence-electron chi connectivity index (χ1n) is 1.39. The molecule has 0 spiro atoms. The molecule has 1 radical (unpaired) electrons. The SMILES string of the molecule is [CH2]OOC(=O)C=O. The third-order valence-corrected chi connectivity index (χ3v) is 0.237. The Morgan fingerprint density at radius 2 is 2.29 bits per heavy atom. The zero-order valence-corrected chi connectivity index (χ0v) is 3.42. The lowest BCUT2D eigenvalue weighted by atomic mass is 10.8. The molecular weight excluding hydrogens is 100 g/mol. The summed E-state index contributed by atoms with van der Waals surface area (Å²) in [5.41, 5.74) is 0. The molecule has 0 saturated carbocycles. The minimum Gasteiger partial charge on any atom is -0.290 e. The predicted octanol–water partition coefficient (Wildman–Crippen LogP) is -0.548. The van der Waals surface area contributed by atoms with Crippen molar-refractivity contribution in [3.05, 3.63) is 7.11 Å². The van der Waals surface area contributed by atoms with Crippen molar-refractivity contribution < 1.29 is 19.4 Å². The first kappa shape index (κ1) is 6.10. The van der Waals surface area contributed by atoms with Gasteiger partial charge in [-0.3, -0.25) is 9.68 Å². The van der Waals surface area contributed by atoms with Crippen LogP contribution in [0.1, 0.15) is 0 Å². The summed E-state index contributed by atoms with van der Waals surface area (Å²) >= 11 is 0. The van der Waals surface area contributed by atoms with Crippen molar-refractivity contribution in [2.75, 3.05) is 0 Å². The highest BCUT2D eigenvalue weighted by Gasteiger charge is 1.94. The molecule has 0 aromatic rings. The lowest BCUT2D eigenvalue weighted by Crippen LogP contribution is -2.02. The van der Waals surface area contributed by atoms with Crippen molar-refractivity contribution in [2.45, 2.75) is 0 Å². The van der Waals surface area contributed by atoms with E-state index in [1.807, 2.05) is 0 Å². The number of hydrogen-bond donors (Lipinski definition) is 0. The molecule has 4 nitrogen and oxygen atoms in total. The lowest BCUT2D eigenvalue weighted by molar-refractivity contribution is -0.237. The smallest absolute Gasteiger partial charge is 0.290 e. The predicted molar refractivity (Wildman–Crippen MR) is 18.6 cm³/mol. The second-order valence-electron chi connectivity index (χ2n) is 0.638. The van der Waals surface area contributed by atoms with Gasteiger partial charge in [-0.15, -0.1) is 0 Å². The highest BCUT2D eigenvalue weighted by atomic mass is 17.2. The Hall–Kier alpha value is -0.900. The van der Waals surface area contributed by atoms with Gasteiger partial charge in [-0.25, -0.2) is 4.79 Å². The maximum absolute atomic E-state index is 9.66. The largest absolute Gasteiger partial charge is 0.405 e. The summed E-state index contributed by atoms with van der Waals surface area (Å²) in [6.07, 6.45) is -0.0226. The highest BCUT2D eigenvalue weighted by molar-refractivity contribution is 6.20. The van der Waals surface area contributed by atoms with Crippen LogP contribution in [0.3, 0.4) is 0 Å². The van der Waals surface area contributed by atoms with E-state index in [2.05, 4.69) is 16.9 Å². The number of aldehydes is 1. The zero-order chi connectivity index (χ0) is 5.70. The van der Waals surface area contributed by atoms with Crippen molar-refractivity contribution >= 4 is 12.3 Å². The quantitative estimate of drug-likeness (QED) is 0.204. The Balaban J connectivity index is 3.17. The average Bonchev–Trinajstić information content (AvgIpc) is 1.68. The molecule has 0 aromatic heterocycles. The van der Waals surface area contributed by atoms with Gasteiger partial charge in [0, 0.05) is 0 Å². The third kappa shape index (κ3) is 2.92. The summed E-state index contributed by atoms with van der Waals surface area (Å²) in [6.45, 7) is 0. The number of rotatable bonds is 2. The highest BCUT2D eigenvalue weighted by Crippen LogP contribution is 1.70. The van der Waals surface area contributed by atoms with Crippen molar-refractivity contribution in [1.29, 1.82) is 0 Å². The molecule has 0 fully saturated rings. The molecule has 0 aliphatic rings. The van der Waals surface area contributed by atoms with Gasteiger partial charge in [0.1, 0.15) is 7.11 Å². The van der Waals surface area contributed by atoms with Gasteiger partial charge >= 0.3 is 5.97 Å². The molecule has 0 N–H and O–H groups in total. The topological polar surface area (TPSA) is 52.6 Å². The van der Waals surface area contributed by atoms with E-state index in [1.165, 1.54) is 0 Å². The fourth-order valence-corrected chi connectivity index (χ4v) is 0.0777. The van der Waals surface area contributed by atoms with Crippen molar-refractivity contribution in [3.8, 4) is 0 Å². The Bertz CT molecular complexity index is 77.0. The van der Waals surface area contributed by atoms with Gasteiger partial charge in [0.15, 0.2) is 0 Å². The van der Waals surface area contributed by atoms with Gasteiger partial charge in [-0.05, 0) is 0 Å². The van der Waals surface area contributed by atoms with E-state index in [0.29, 0.717) is 0 Å². The molecule has 39 valence electrons. The minimum atomic E-state index is -1.09. The Morgan fingerprint density at radius 3 is 2.43 bits per heavy atom. The molecule has 4 heteroatoms.